The van der Waals surface area contributed by atoms with Gasteiger partial charge in [-0.3, -0.25) is 4.90 Å². The summed E-state index contributed by atoms with van der Waals surface area (Å²) in [7, 11) is -3.00. The fourth-order valence-corrected chi connectivity index (χ4v) is 4.38. The number of rotatable bonds is 2. The quantitative estimate of drug-likeness (QED) is 0.843. The van der Waals surface area contributed by atoms with E-state index in [2.05, 4.69) is 16.3 Å². The zero-order valence-electron chi connectivity index (χ0n) is 10.4. The third-order valence-electron chi connectivity index (χ3n) is 3.79. The van der Waals surface area contributed by atoms with Crippen molar-refractivity contribution in [3.8, 4) is 0 Å². The summed E-state index contributed by atoms with van der Waals surface area (Å²) in [5.74, 6) is 0.279. The van der Waals surface area contributed by atoms with E-state index in [9.17, 15) is 8.42 Å². The van der Waals surface area contributed by atoms with E-state index in [0.717, 1.165) is 38.3 Å². The zero-order chi connectivity index (χ0) is 12.6. The van der Waals surface area contributed by atoms with Crippen LogP contribution in [0.1, 0.15) is 11.1 Å². The molecule has 98 valence electrons. The van der Waals surface area contributed by atoms with Gasteiger partial charge < -0.3 is 5.32 Å². The maximum Gasteiger partial charge on any atom is 0.178 e. The molecular weight excluding hydrogens is 248 g/mol. The van der Waals surface area contributed by atoms with Crippen molar-refractivity contribution in [2.75, 3.05) is 31.9 Å². The van der Waals surface area contributed by atoms with Gasteiger partial charge in [0, 0.05) is 32.7 Å². The maximum atomic E-state index is 11.9. The molecule has 1 saturated heterocycles. The Morgan fingerprint density at radius 2 is 2.00 bits per heavy atom. The van der Waals surface area contributed by atoms with Gasteiger partial charge in [0.05, 0.1) is 10.6 Å². The van der Waals surface area contributed by atoms with Crippen molar-refractivity contribution in [3.63, 3.8) is 0 Å². The molecule has 5 heteroatoms. The van der Waals surface area contributed by atoms with E-state index < -0.39 is 9.84 Å². The lowest BCUT2D eigenvalue weighted by Crippen LogP contribution is -2.43. The number of fused-ring (bicyclic) bond motifs is 1. The summed E-state index contributed by atoms with van der Waals surface area (Å²) in [6.07, 6.45) is 0.680. The van der Waals surface area contributed by atoms with Gasteiger partial charge in [-0.15, -0.1) is 0 Å². The molecule has 1 N–H and O–H groups in total. The fraction of sp³-hybridized carbons (Fsp3) is 0.538. The largest absolute Gasteiger partial charge is 0.314 e. The molecule has 3 rings (SSSR count). The highest BCUT2D eigenvalue weighted by atomic mass is 32.2. The number of nitrogens with one attached hydrogen (secondary N) is 1. The average molecular weight is 266 g/mol. The number of nitrogens with zero attached hydrogens (tertiary/aromatic N) is 1. The first kappa shape index (κ1) is 12.1. The van der Waals surface area contributed by atoms with E-state index in [4.69, 9.17) is 0 Å². The molecule has 4 nitrogen and oxygen atoms in total. The van der Waals surface area contributed by atoms with Crippen LogP contribution in [0.4, 0.5) is 0 Å². The predicted molar refractivity (Wildman–Crippen MR) is 70.3 cm³/mol. The van der Waals surface area contributed by atoms with Gasteiger partial charge >= 0.3 is 0 Å². The molecule has 0 aromatic heterocycles. The minimum Gasteiger partial charge on any atom is -0.314 e. The van der Waals surface area contributed by atoms with Gasteiger partial charge in [0.2, 0.25) is 0 Å². The second-order valence-corrected chi connectivity index (χ2v) is 7.07. The summed E-state index contributed by atoms with van der Waals surface area (Å²) in [5, 5.41) is 3.33. The fourth-order valence-electron chi connectivity index (χ4n) is 2.79. The first-order valence-electron chi connectivity index (χ1n) is 6.43. The third kappa shape index (κ3) is 2.18. The molecule has 0 amide bonds. The van der Waals surface area contributed by atoms with Crippen LogP contribution in [0.2, 0.25) is 0 Å². The molecule has 2 heterocycles. The highest BCUT2D eigenvalue weighted by molar-refractivity contribution is 7.91. The highest BCUT2D eigenvalue weighted by Crippen LogP contribution is 2.29. The third-order valence-corrected chi connectivity index (χ3v) is 5.58. The molecule has 1 aromatic carbocycles. The Labute approximate surface area is 108 Å². The number of hydrogen-bond acceptors (Lipinski definition) is 4. The molecule has 0 unspecified atom stereocenters. The normalized spacial score (nSPS) is 22.9. The van der Waals surface area contributed by atoms with Crippen LogP contribution in [0.15, 0.2) is 23.1 Å². The van der Waals surface area contributed by atoms with E-state index in [-0.39, 0.29) is 5.75 Å². The van der Waals surface area contributed by atoms with Crippen molar-refractivity contribution in [3.05, 3.63) is 29.3 Å². The van der Waals surface area contributed by atoms with Crippen LogP contribution >= 0.6 is 0 Å². The maximum absolute atomic E-state index is 11.9. The lowest BCUT2D eigenvalue weighted by Gasteiger charge is -2.27. The Morgan fingerprint density at radius 1 is 1.22 bits per heavy atom. The van der Waals surface area contributed by atoms with Crippen molar-refractivity contribution >= 4 is 9.84 Å². The van der Waals surface area contributed by atoms with Gasteiger partial charge in [-0.1, -0.05) is 12.1 Å². The molecule has 2 aliphatic rings. The van der Waals surface area contributed by atoms with Crippen LogP contribution in [0.25, 0.3) is 0 Å². The van der Waals surface area contributed by atoms with Crippen molar-refractivity contribution in [1.29, 1.82) is 0 Å². The number of hydrogen-bond donors (Lipinski definition) is 1. The van der Waals surface area contributed by atoms with Gasteiger partial charge in [-0.05, 0) is 23.6 Å². The van der Waals surface area contributed by atoms with Crippen LogP contribution in [-0.4, -0.2) is 45.2 Å². The van der Waals surface area contributed by atoms with Crippen LogP contribution in [0.3, 0.4) is 0 Å². The van der Waals surface area contributed by atoms with Crippen LogP contribution in [0.5, 0.6) is 0 Å². The molecule has 0 radical (unpaired) electrons. The summed E-state index contributed by atoms with van der Waals surface area (Å²) >= 11 is 0. The summed E-state index contributed by atoms with van der Waals surface area (Å²) in [6, 6.07) is 5.69. The van der Waals surface area contributed by atoms with Crippen molar-refractivity contribution in [2.45, 2.75) is 17.9 Å². The van der Waals surface area contributed by atoms with E-state index in [1.165, 1.54) is 5.56 Å². The first-order valence-corrected chi connectivity index (χ1v) is 8.09. The van der Waals surface area contributed by atoms with Gasteiger partial charge in [-0.25, -0.2) is 8.42 Å². The second-order valence-electron chi connectivity index (χ2n) is 4.99. The SMILES string of the molecule is O=S1(=O)CCc2c(CN3CCNCC3)cccc21. The van der Waals surface area contributed by atoms with E-state index in [1.54, 1.807) is 6.07 Å². The molecule has 0 saturated carbocycles. The second kappa shape index (κ2) is 4.64. The van der Waals surface area contributed by atoms with E-state index in [1.807, 2.05) is 6.07 Å². The zero-order valence-corrected chi connectivity index (χ0v) is 11.2. The Bertz CT molecular complexity index is 548. The lowest BCUT2D eigenvalue weighted by molar-refractivity contribution is 0.232. The minimum atomic E-state index is -3.00. The summed E-state index contributed by atoms with van der Waals surface area (Å²) in [5.41, 5.74) is 2.24. The molecule has 1 aromatic rings. The van der Waals surface area contributed by atoms with Crippen molar-refractivity contribution in [1.82, 2.24) is 10.2 Å². The molecule has 0 spiro atoms. The van der Waals surface area contributed by atoms with Crippen LogP contribution in [0, 0.1) is 0 Å². The molecular formula is C13H18N2O2S. The molecule has 2 aliphatic heterocycles. The van der Waals surface area contributed by atoms with Gasteiger partial charge in [0.1, 0.15) is 0 Å². The van der Waals surface area contributed by atoms with Crippen LogP contribution in [-0.2, 0) is 22.8 Å². The molecule has 18 heavy (non-hydrogen) atoms. The smallest absolute Gasteiger partial charge is 0.178 e. The van der Waals surface area contributed by atoms with E-state index >= 15 is 0 Å². The first-order chi connectivity index (χ1) is 8.67. The molecule has 0 aliphatic carbocycles. The average Bonchev–Trinajstić information content (AvgIpc) is 2.68. The topological polar surface area (TPSA) is 49.4 Å². The Kier molecular flexibility index (Phi) is 3.13. The standard InChI is InChI=1S/C13H18N2O2S/c16-18(17)9-4-12-11(2-1-3-13(12)18)10-15-7-5-14-6-8-15/h1-3,14H,4-10H2. The van der Waals surface area contributed by atoms with E-state index in [0.29, 0.717) is 11.3 Å². The minimum absolute atomic E-state index is 0.279. The van der Waals surface area contributed by atoms with Crippen molar-refractivity contribution < 1.29 is 8.42 Å². The highest BCUT2D eigenvalue weighted by Gasteiger charge is 2.28. The van der Waals surface area contributed by atoms with Crippen LogP contribution < -0.4 is 5.32 Å². The Balaban J connectivity index is 1.88. The molecule has 1 fully saturated rings. The monoisotopic (exact) mass is 266 g/mol. The number of piperazine rings is 1. The Hall–Kier alpha value is -0.910. The predicted octanol–water partition coefficient (Wildman–Crippen LogP) is 0.422. The summed E-state index contributed by atoms with van der Waals surface area (Å²) < 4.78 is 23.7. The Morgan fingerprint density at radius 3 is 2.78 bits per heavy atom. The number of benzene rings is 1. The van der Waals surface area contributed by atoms with Gasteiger partial charge in [-0.2, -0.15) is 0 Å². The van der Waals surface area contributed by atoms with Gasteiger partial charge in [0.15, 0.2) is 9.84 Å². The molecule has 0 atom stereocenters. The summed E-state index contributed by atoms with van der Waals surface area (Å²) in [4.78, 5) is 2.95. The van der Waals surface area contributed by atoms with Crippen molar-refractivity contribution in [2.24, 2.45) is 0 Å². The lowest BCUT2D eigenvalue weighted by atomic mass is 10.0. The summed E-state index contributed by atoms with van der Waals surface area (Å²) in [6.45, 7) is 4.99. The molecule has 0 bridgehead atoms. The van der Waals surface area contributed by atoms with Gasteiger partial charge in [0.25, 0.3) is 0 Å². The number of sulfone groups is 1.